The lowest BCUT2D eigenvalue weighted by molar-refractivity contribution is -0.137. The van der Waals surface area contributed by atoms with Crippen molar-refractivity contribution < 1.29 is 17.9 Å². The number of thiazole rings is 1. The largest absolute Gasteiger partial charge is 0.497 e. The van der Waals surface area contributed by atoms with Gasteiger partial charge >= 0.3 is 6.18 Å². The molecule has 0 spiro atoms. The third-order valence-corrected chi connectivity index (χ3v) is 4.76. The van der Waals surface area contributed by atoms with E-state index in [0.717, 1.165) is 29.1 Å². The van der Waals surface area contributed by atoms with Crippen LogP contribution in [0, 0.1) is 0 Å². The third-order valence-electron chi connectivity index (χ3n) is 3.89. The smallest absolute Gasteiger partial charge is 0.416 e. The topological polar surface area (TPSA) is 26.5 Å². The summed E-state index contributed by atoms with van der Waals surface area (Å²) in [5, 5.41) is 1.93. The molecule has 1 heterocycles. The fraction of sp³-hybridized carbons (Fsp3) is 0.150. The summed E-state index contributed by atoms with van der Waals surface area (Å²) >= 11 is 1.37. The Hall–Kier alpha value is -2.80. The summed E-state index contributed by atoms with van der Waals surface area (Å²) in [7, 11) is 1.60. The van der Waals surface area contributed by atoms with E-state index in [2.05, 4.69) is 11.6 Å². The number of rotatable bonds is 5. The van der Waals surface area contributed by atoms with Crippen LogP contribution in [0.2, 0.25) is 0 Å². The molecular weight excluding hydrogens is 373 g/mol. The zero-order valence-electron chi connectivity index (χ0n) is 14.5. The highest BCUT2D eigenvalue weighted by atomic mass is 32.1. The van der Waals surface area contributed by atoms with Gasteiger partial charge in [-0.1, -0.05) is 12.1 Å². The van der Waals surface area contributed by atoms with Crippen LogP contribution in [0.4, 0.5) is 18.9 Å². The van der Waals surface area contributed by atoms with E-state index < -0.39 is 11.7 Å². The number of aromatic nitrogens is 1. The SMILES string of the molecule is C=CCn1c(-c2ccc(OC)cc2)csc1=Nc1cccc(C(F)(F)F)c1. The van der Waals surface area contributed by atoms with Crippen LogP contribution in [0.25, 0.3) is 11.3 Å². The van der Waals surface area contributed by atoms with Crippen molar-refractivity contribution in [3.05, 3.63) is 76.9 Å². The zero-order valence-corrected chi connectivity index (χ0v) is 15.3. The molecule has 2 aromatic carbocycles. The van der Waals surface area contributed by atoms with Gasteiger partial charge in [-0.2, -0.15) is 13.2 Å². The number of methoxy groups -OCH3 is 1. The second kappa shape index (κ2) is 7.84. The molecule has 0 fully saturated rings. The second-order valence-electron chi connectivity index (χ2n) is 5.69. The maximum atomic E-state index is 12.9. The third kappa shape index (κ3) is 4.31. The first-order valence-electron chi connectivity index (χ1n) is 8.08. The Kier molecular flexibility index (Phi) is 5.51. The predicted molar refractivity (Wildman–Crippen MR) is 101 cm³/mol. The monoisotopic (exact) mass is 390 g/mol. The molecule has 3 nitrogen and oxygen atoms in total. The van der Waals surface area contributed by atoms with Crippen molar-refractivity contribution in [3.63, 3.8) is 0 Å². The van der Waals surface area contributed by atoms with Crippen LogP contribution in [0.1, 0.15) is 5.56 Å². The lowest BCUT2D eigenvalue weighted by Crippen LogP contribution is -2.14. The van der Waals surface area contributed by atoms with Crippen molar-refractivity contribution in [1.82, 2.24) is 4.57 Å². The quantitative estimate of drug-likeness (QED) is 0.516. The van der Waals surface area contributed by atoms with Crippen molar-refractivity contribution >= 4 is 17.0 Å². The molecule has 1 aromatic heterocycles. The van der Waals surface area contributed by atoms with Crippen LogP contribution >= 0.6 is 11.3 Å². The van der Waals surface area contributed by atoms with Gasteiger partial charge in [0.25, 0.3) is 0 Å². The molecular formula is C20H17F3N2OS. The predicted octanol–water partition coefficient (Wildman–Crippen LogP) is 5.66. The van der Waals surface area contributed by atoms with Gasteiger partial charge in [-0.25, -0.2) is 4.99 Å². The molecule has 27 heavy (non-hydrogen) atoms. The Labute approximate surface area is 158 Å². The molecule has 0 aliphatic carbocycles. The number of hydrogen-bond acceptors (Lipinski definition) is 3. The van der Waals surface area contributed by atoms with Gasteiger partial charge in [0.1, 0.15) is 5.75 Å². The first-order chi connectivity index (χ1) is 12.9. The van der Waals surface area contributed by atoms with Crippen molar-refractivity contribution in [2.75, 3.05) is 7.11 Å². The summed E-state index contributed by atoms with van der Waals surface area (Å²) in [6.07, 6.45) is -2.67. The van der Waals surface area contributed by atoms with E-state index in [1.54, 1.807) is 19.3 Å². The molecule has 0 saturated heterocycles. The molecule has 0 N–H and O–H groups in total. The molecule has 0 saturated carbocycles. The van der Waals surface area contributed by atoms with Gasteiger partial charge in [0.2, 0.25) is 0 Å². The fourth-order valence-electron chi connectivity index (χ4n) is 2.58. The standard InChI is InChI=1S/C20H17F3N2OS/c1-3-11-25-18(14-7-9-17(26-2)10-8-14)13-27-19(25)24-16-6-4-5-15(12-16)20(21,22)23/h3-10,12-13H,1,11H2,2H3. The van der Waals surface area contributed by atoms with Gasteiger partial charge < -0.3 is 9.30 Å². The average molecular weight is 390 g/mol. The Morgan fingerprint density at radius 2 is 1.93 bits per heavy atom. The van der Waals surface area contributed by atoms with Crippen LogP contribution in [-0.2, 0) is 12.7 Å². The Morgan fingerprint density at radius 3 is 2.56 bits per heavy atom. The van der Waals surface area contributed by atoms with Gasteiger partial charge in [-0.15, -0.1) is 17.9 Å². The maximum Gasteiger partial charge on any atom is 0.416 e. The Morgan fingerprint density at radius 1 is 1.19 bits per heavy atom. The summed E-state index contributed by atoms with van der Waals surface area (Å²) in [4.78, 5) is 5.02. The van der Waals surface area contributed by atoms with Crippen LogP contribution < -0.4 is 9.54 Å². The molecule has 0 aliphatic heterocycles. The number of nitrogens with zero attached hydrogens (tertiary/aromatic N) is 2. The Balaban J connectivity index is 2.07. The molecule has 140 valence electrons. The number of halogens is 3. The highest BCUT2D eigenvalue weighted by molar-refractivity contribution is 7.07. The van der Waals surface area contributed by atoms with E-state index in [4.69, 9.17) is 4.74 Å². The van der Waals surface area contributed by atoms with Crippen molar-refractivity contribution in [3.8, 4) is 17.0 Å². The van der Waals surface area contributed by atoms with Gasteiger partial charge in [0.15, 0.2) is 4.80 Å². The summed E-state index contributed by atoms with van der Waals surface area (Å²) in [6, 6.07) is 12.6. The van der Waals surface area contributed by atoms with Crippen LogP contribution in [0.3, 0.4) is 0 Å². The average Bonchev–Trinajstić information content (AvgIpc) is 3.04. The fourth-order valence-corrected chi connectivity index (χ4v) is 3.52. The zero-order chi connectivity index (χ0) is 19.4. The molecule has 3 rings (SSSR count). The summed E-state index contributed by atoms with van der Waals surface area (Å²) in [5.41, 5.74) is 1.41. The van der Waals surface area contributed by atoms with Gasteiger partial charge in [-0.3, -0.25) is 0 Å². The van der Waals surface area contributed by atoms with Crippen LogP contribution in [0.5, 0.6) is 5.75 Å². The van der Waals surface area contributed by atoms with E-state index >= 15 is 0 Å². The molecule has 0 atom stereocenters. The molecule has 0 bridgehead atoms. The summed E-state index contributed by atoms with van der Waals surface area (Å²) < 4.78 is 45.9. The number of ether oxygens (including phenoxy) is 1. The molecule has 7 heteroatoms. The first-order valence-corrected chi connectivity index (χ1v) is 8.96. The lowest BCUT2D eigenvalue weighted by atomic mass is 10.1. The molecule has 0 unspecified atom stereocenters. The van der Waals surface area contributed by atoms with Crippen molar-refractivity contribution in [2.45, 2.75) is 12.7 Å². The van der Waals surface area contributed by atoms with Crippen LogP contribution in [-0.4, -0.2) is 11.7 Å². The minimum absolute atomic E-state index is 0.255. The van der Waals surface area contributed by atoms with Gasteiger partial charge in [0, 0.05) is 11.9 Å². The minimum atomic E-state index is -4.40. The van der Waals surface area contributed by atoms with Gasteiger partial charge in [0.05, 0.1) is 24.1 Å². The molecule has 0 amide bonds. The van der Waals surface area contributed by atoms with E-state index in [1.807, 2.05) is 34.2 Å². The lowest BCUT2D eigenvalue weighted by Gasteiger charge is -2.08. The highest BCUT2D eigenvalue weighted by Gasteiger charge is 2.30. The number of benzene rings is 2. The molecule has 0 radical (unpaired) electrons. The number of hydrogen-bond donors (Lipinski definition) is 0. The minimum Gasteiger partial charge on any atom is -0.497 e. The van der Waals surface area contributed by atoms with Crippen molar-refractivity contribution in [2.24, 2.45) is 4.99 Å². The van der Waals surface area contributed by atoms with Crippen molar-refractivity contribution in [1.29, 1.82) is 0 Å². The first kappa shape index (κ1) is 19.0. The summed E-state index contributed by atoms with van der Waals surface area (Å²) in [6.45, 7) is 4.25. The number of alkyl halides is 3. The second-order valence-corrected chi connectivity index (χ2v) is 6.53. The Bertz CT molecular complexity index is 1000. The molecule has 3 aromatic rings. The van der Waals surface area contributed by atoms with E-state index in [0.29, 0.717) is 11.3 Å². The van der Waals surface area contributed by atoms with E-state index in [9.17, 15) is 13.2 Å². The highest BCUT2D eigenvalue weighted by Crippen LogP contribution is 2.31. The summed E-state index contributed by atoms with van der Waals surface area (Å²) in [5.74, 6) is 0.748. The van der Waals surface area contributed by atoms with Crippen LogP contribution in [0.15, 0.2) is 71.6 Å². The van der Waals surface area contributed by atoms with E-state index in [1.165, 1.54) is 17.4 Å². The van der Waals surface area contributed by atoms with E-state index in [-0.39, 0.29) is 5.69 Å². The maximum absolute atomic E-state index is 12.9. The molecule has 0 aliphatic rings. The normalized spacial score (nSPS) is 12.2. The van der Waals surface area contributed by atoms with Gasteiger partial charge in [-0.05, 0) is 48.0 Å². The number of allylic oxidation sites excluding steroid dienone is 1.